The fourth-order valence-corrected chi connectivity index (χ4v) is 6.90. The Morgan fingerprint density at radius 1 is 1.33 bits per heavy atom. The van der Waals surface area contributed by atoms with Gasteiger partial charge in [0.05, 0.1) is 11.5 Å². The first-order chi connectivity index (χ1) is 11.4. The normalized spacial score (nSPS) is 50.1. The molecule has 1 aromatic rings. The molecular formula is C18H19NO5. The Morgan fingerprint density at radius 3 is 2.92 bits per heavy atom. The number of carbonyl (C=O) groups excluding carboxylic acids is 1. The van der Waals surface area contributed by atoms with Crippen molar-refractivity contribution in [1.82, 2.24) is 4.90 Å². The molecule has 3 N–H and O–H groups in total. The number of Topliss-reactive ketones (excluding diaryl/α,β-unsaturated/α-hetero) is 1. The van der Waals surface area contributed by atoms with E-state index in [-0.39, 0.29) is 36.0 Å². The van der Waals surface area contributed by atoms with Gasteiger partial charge in [-0.25, -0.2) is 0 Å². The maximum atomic E-state index is 12.7. The molecule has 6 nitrogen and oxygen atoms in total. The van der Waals surface area contributed by atoms with E-state index >= 15 is 0 Å². The summed E-state index contributed by atoms with van der Waals surface area (Å²) in [5.41, 5.74) is -0.556. The van der Waals surface area contributed by atoms with Crippen molar-refractivity contribution in [3.8, 4) is 11.5 Å². The van der Waals surface area contributed by atoms with Crippen molar-refractivity contribution in [2.75, 3.05) is 7.05 Å². The number of aromatic hydroxyl groups is 1. The van der Waals surface area contributed by atoms with Gasteiger partial charge in [0, 0.05) is 24.1 Å². The van der Waals surface area contributed by atoms with Gasteiger partial charge in [-0.3, -0.25) is 9.69 Å². The molecule has 24 heavy (non-hydrogen) atoms. The summed E-state index contributed by atoms with van der Waals surface area (Å²) < 4.78 is 5.98. The maximum absolute atomic E-state index is 12.7. The predicted molar refractivity (Wildman–Crippen MR) is 81.9 cm³/mol. The van der Waals surface area contributed by atoms with Gasteiger partial charge in [-0.05, 0) is 37.4 Å². The second kappa shape index (κ2) is 3.64. The minimum atomic E-state index is -1.42. The summed E-state index contributed by atoms with van der Waals surface area (Å²) >= 11 is 0. The van der Waals surface area contributed by atoms with E-state index in [9.17, 15) is 20.1 Å². The van der Waals surface area contributed by atoms with Crippen LogP contribution in [0, 0.1) is 5.92 Å². The largest absolute Gasteiger partial charge is 0.504 e. The molecule has 0 radical (unpaired) electrons. The molecule has 7 atom stereocenters. The molecule has 3 aliphatic carbocycles. The van der Waals surface area contributed by atoms with Gasteiger partial charge in [-0.1, -0.05) is 6.07 Å². The molecule has 2 heterocycles. The van der Waals surface area contributed by atoms with Gasteiger partial charge < -0.3 is 20.1 Å². The van der Waals surface area contributed by atoms with Crippen molar-refractivity contribution in [3.05, 3.63) is 23.3 Å². The van der Waals surface area contributed by atoms with E-state index in [1.807, 2.05) is 13.1 Å². The Bertz CT molecular complexity index is 824. The lowest BCUT2D eigenvalue weighted by atomic mass is 9.49. The minimum absolute atomic E-state index is 0.0109. The Labute approximate surface area is 138 Å². The molecule has 6 unspecified atom stereocenters. The number of hydrogen-bond donors (Lipinski definition) is 3. The van der Waals surface area contributed by atoms with Crippen LogP contribution in [-0.4, -0.2) is 62.9 Å². The average Bonchev–Trinajstić information content (AvgIpc) is 3.16. The van der Waals surface area contributed by atoms with E-state index < -0.39 is 23.2 Å². The molecule has 0 amide bonds. The number of fused-ring (bicyclic) bond motifs is 2. The van der Waals surface area contributed by atoms with Crippen LogP contribution >= 0.6 is 0 Å². The van der Waals surface area contributed by atoms with E-state index in [1.165, 1.54) is 0 Å². The van der Waals surface area contributed by atoms with Crippen LogP contribution in [0.5, 0.6) is 11.5 Å². The molecule has 1 saturated heterocycles. The molecule has 6 heteroatoms. The zero-order valence-corrected chi connectivity index (χ0v) is 13.3. The summed E-state index contributed by atoms with van der Waals surface area (Å²) in [6.07, 6.45) is -0.453. The first-order valence-corrected chi connectivity index (χ1v) is 8.59. The molecule has 0 aromatic heterocycles. The summed E-state index contributed by atoms with van der Waals surface area (Å²) in [7, 11) is 2.00. The molecule has 1 spiro atoms. The van der Waals surface area contributed by atoms with Crippen LogP contribution in [0.2, 0.25) is 0 Å². The molecule has 5 aliphatic rings. The zero-order valence-electron chi connectivity index (χ0n) is 13.3. The van der Waals surface area contributed by atoms with Crippen LogP contribution in [0.3, 0.4) is 0 Å². The molecule has 3 fully saturated rings. The average molecular weight is 329 g/mol. The molecule has 2 aliphatic heterocycles. The summed E-state index contributed by atoms with van der Waals surface area (Å²) in [6.45, 7) is 0. The number of nitrogens with zero attached hydrogens (tertiary/aromatic N) is 1. The van der Waals surface area contributed by atoms with Gasteiger partial charge in [-0.15, -0.1) is 0 Å². The summed E-state index contributed by atoms with van der Waals surface area (Å²) in [6, 6.07) is 3.51. The fourth-order valence-electron chi connectivity index (χ4n) is 6.90. The van der Waals surface area contributed by atoms with Crippen LogP contribution in [0.15, 0.2) is 12.1 Å². The third-order valence-corrected chi connectivity index (χ3v) is 7.62. The third kappa shape index (κ3) is 1.02. The zero-order chi connectivity index (χ0) is 16.6. The molecular weight excluding hydrogens is 310 g/mol. The number of aliphatic hydroxyl groups excluding tert-OH is 1. The number of hydrogen-bond acceptors (Lipinski definition) is 6. The van der Waals surface area contributed by atoms with Gasteiger partial charge in [0.2, 0.25) is 0 Å². The highest BCUT2D eigenvalue weighted by molar-refractivity contribution is 5.91. The molecule has 6 rings (SSSR count). The van der Waals surface area contributed by atoms with Crippen molar-refractivity contribution < 1.29 is 24.9 Å². The second-order valence-corrected chi connectivity index (χ2v) is 8.12. The second-order valence-electron chi connectivity index (χ2n) is 8.12. The number of benzene rings is 1. The van der Waals surface area contributed by atoms with Crippen LogP contribution in [-0.2, 0) is 16.6 Å². The highest BCUT2D eigenvalue weighted by Crippen LogP contribution is 2.72. The number of piperidine rings is 1. The third-order valence-electron chi connectivity index (χ3n) is 7.62. The number of rotatable bonds is 0. The SMILES string of the molecule is CN1C2Cc3ccc(O)c4c3C35C2CC1C3(O)C(O)CC(=O)[C@@H]5O4. The fraction of sp³-hybridized carbons (Fsp3) is 0.611. The van der Waals surface area contributed by atoms with Crippen LogP contribution in [0.4, 0.5) is 0 Å². The number of ether oxygens (including phenoxy) is 1. The van der Waals surface area contributed by atoms with E-state index in [1.54, 1.807) is 6.07 Å². The van der Waals surface area contributed by atoms with Crippen molar-refractivity contribution in [3.63, 3.8) is 0 Å². The summed E-state index contributed by atoms with van der Waals surface area (Å²) in [5, 5.41) is 32.9. The first kappa shape index (κ1) is 13.6. The van der Waals surface area contributed by atoms with E-state index in [0.29, 0.717) is 5.75 Å². The van der Waals surface area contributed by atoms with Gasteiger partial charge in [-0.2, -0.15) is 0 Å². The van der Waals surface area contributed by atoms with Crippen LogP contribution in [0.1, 0.15) is 24.0 Å². The molecule has 2 bridgehead atoms. The minimum Gasteiger partial charge on any atom is -0.504 e. The maximum Gasteiger partial charge on any atom is 0.177 e. The Balaban J connectivity index is 1.77. The number of phenolic OH excluding ortho intramolecular Hbond substituents is 1. The van der Waals surface area contributed by atoms with Gasteiger partial charge in [0.25, 0.3) is 0 Å². The number of ketones is 1. The molecule has 126 valence electrons. The number of phenols is 1. The standard InChI is InChI=1S/C18H19NO5/c1-19-9-4-7-2-3-10(20)15-14(7)17-8(9)5-12(19)18(17,23)13(22)6-11(21)16(17)24-15/h2-3,8-9,12-13,16,20,22-23H,4-6H2,1H3/t8?,9?,12?,13?,16-,17?,18?/m0/s1. The Kier molecular flexibility index (Phi) is 2.07. The van der Waals surface area contributed by atoms with Gasteiger partial charge in [0.15, 0.2) is 23.4 Å². The number of likely N-dealkylation sites (tertiary alicyclic amines) is 1. The van der Waals surface area contributed by atoms with E-state index in [2.05, 4.69) is 4.90 Å². The van der Waals surface area contributed by atoms with Crippen molar-refractivity contribution in [2.45, 2.75) is 54.6 Å². The highest BCUT2D eigenvalue weighted by atomic mass is 16.5. The van der Waals surface area contributed by atoms with Crippen molar-refractivity contribution in [1.29, 1.82) is 0 Å². The number of aliphatic hydroxyl groups is 2. The topological polar surface area (TPSA) is 90.2 Å². The lowest BCUT2D eigenvalue weighted by Crippen LogP contribution is -2.78. The lowest BCUT2D eigenvalue weighted by Gasteiger charge is -2.60. The summed E-state index contributed by atoms with van der Waals surface area (Å²) in [4.78, 5) is 14.9. The Morgan fingerprint density at radius 2 is 2.12 bits per heavy atom. The number of likely N-dealkylation sites (N-methyl/N-ethyl adjacent to an activating group) is 1. The number of carbonyl (C=O) groups is 1. The van der Waals surface area contributed by atoms with Crippen LogP contribution < -0.4 is 4.74 Å². The smallest absolute Gasteiger partial charge is 0.177 e. The van der Waals surface area contributed by atoms with Crippen molar-refractivity contribution >= 4 is 5.78 Å². The summed E-state index contributed by atoms with van der Waals surface area (Å²) in [5.74, 6) is 0.227. The Hall–Kier alpha value is -1.63. The molecule has 1 aromatic carbocycles. The quantitative estimate of drug-likeness (QED) is 0.606. The van der Waals surface area contributed by atoms with Gasteiger partial charge >= 0.3 is 0 Å². The van der Waals surface area contributed by atoms with Crippen molar-refractivity contribution in [2.24, 2.45) is 5.92 Å². The van der Waals surface area contributed by atoms with E-state index in [4.69, 9.17) is 4.74 Å². The monoisotopic (exact) mass is 329 g/mol. The lowest BCUT2D eigenvalue weighted by molar-refractivity contribution is -0.213. The van der Waals surface area contributed by atoms with Gasteiger partial charge in [0.1, 0.15) is 5.60 Å². The predicted octanol–water partition coefficient (Wildman–Crippen LogP) is -0.286. The first-order valence-electron chi connectivity index (χ1n) is 8.59. The van der Waals surface area contributed by atoms with E-state index in [0.717, 1.165) is 24.0 Å². The highest BCUT2D eigenvalue weighted by Gasteiger charge is 2.83. The molecule has 2 saturated carbocycles. The van der Waals surface area contributed by atoms with Crippen LogP contribution in [0.25, 0.3) is 0 Å².